The molecule has 1 aromatic heterocycles. The zero-order chi connectivity index (χ0) is 15.5. The predicted octanol–water partition coefficient (Wildman–Crippen LogP) is 1.94. The largest absolute Gasteiger partial charge is 0.478 e. The summed E-state index contributed by atoms with van der Waals surface area (Å²) in [7, 11) is -3.60. The number of hydrogen-bond donors (Lipinski definition) is 1. The Balaban J connectivity index is 2.27. The lowest BCUT2D eigenvalue weighted by molar-refractivity contribution is 0.0695. The molecule has 21 heavy (non-hydrogen) atoms. The second-order valence-corrected chi connectivity index (χ2v) is 6.78. The SMILES string of the molecule is O=C(O)c1cncnc1CS(=O)(=O)Cc1ccccc1Cl. The monoisotopic (exact) mass is 326 g/mol. The molecule has 0 fully saturated rings. The van der Waals surface area contributed by atoms with E-state index < -0.39 is 21.6 Å². The minimum Gasteiger partial charge on any atom is -0.478 e. The lowest BCUT2D eigenvalue weighted by Crippen LogP contribution is -2.13. The summed E-state index contributed by atoms with van der Waals surface area (Å²) >= 11 is 5.93. The molecule has 110 valence electrons. The molecule has 8 heteroatoms. The summed E-state index contributed by atoms with van der Waals surface area (Å²) < 4.78 is 24.4. The van der Waals surface area contributed by atoms with Crippen molar-refractivity contribution in [3.8, 4) is 0 Å². The molecule has 0 atom stereocenters. The number of carboxylic acids is 1. The van der Waals surface area contributed by atoms with Crippen LogP contribution in [0, 0.1) is 0 Å². The Kier molecular flexibility index (Phi) is 4.54. The maximum atomic E-state index is 12.2. The number of sulfone groups is 1. The molecule has 0 saturated heterocycles. The molecule has 1 N–H and O–H groups in total. The van der Waals surface area contributed by atoms with Crippen molar-refractivity contribution in [1.82, 2.24) is 9.97 Å². The molecular weight excluding hydrogens is 316 g/mol. The third-order valence-corrected chi connectivity index (χ3v) is 4.55. The van der Waals surface area contributed by atoms with Crippen molar-refractivity contribution < 1.29 is 18.3 Å². The van der Waals surface area contributed by atoms with E-state index in [-0.39, 0.29) is 17.0 Å². The van der Waals surface area contributed by atoms with Crippen LogP contribution < -0.4 is 0 Å². The Hall–Kier alpha value is -1.99. The molecule has 0 radical (unpaired) electrons. The lowest BCUT2D eigenvalue weighted by atomic mass is 10.2. The number of aromatic nitrogens is 2. The fourth-order valence-electron chi connectivity index (χ4n) is 1.76. The summed E-state index contributed by atoms with van der Waals surface area (Å²) in [5.41, 5.74) is 0.204. The van der Waals surface area contributed by atoms with Gasteiger partial charge in [-0.2, -0.15) is 0 Å². The van der Waals surface area contributed by atoms with Crippen LogP contribution in [0.4, 0.5) is 0 Å². The minimum absolute atomic E-state index is 0.0375. The zero-order valence-corrected chi connectivity index (χ0v) is 12.3. The van der Waals surface area contributed by atoms with Crippen molar-refractivity contribution in [1.29, 1.82) is 0 Å². The quantitative estimate of drug-likeness (QED) is 0.901. The highest BCUT2D eigenvalue weighted by atomic mass is 35.5. The van der Waals surface area contributed by atoms with Crippen molar-refractivity contribution in [2.45, 2.75) is 11.5 Å². The summed E-state index contributed by atoms with van der Waals surface area (Å²) in [5.74, 6) is -2.03. The van der Waals surface area contributed by atoms with Gasteiger partial charge in [0.25, 0.3) is 0 Å². The molecule has 6 nitrogen and oxygen atoms in total. The molecule has 0 aliphatic rings. The van der Waals surface area contributed by atoms with E-state index in [1.165, 1.54) is 0 Å². The Morgan fingerprint density at radius 1 is 1.24 bits per heavy atom. The molecule has 2 aromatic rings. The van der Waals surface area contributed by atoms with Gasteiger partial charge in [0.05, 0.1) is 17.2 Å². The number of carboxylic acid groups (broad SMARTS) is 1. The number of rotatable bonds is 5. The first-order chi connectivity index (χ1) is 9.89. The first-order valence-electron chi connectivity index (χ1n) is 5.85. The van der Waals surface area contributed by atoms with E-state index in [1.807, 2.05) is 0 Å². The predicted molar refractivity (Wildman–Crippen MR) is 76.8 cm³/mol. The van der Waals surface area contributed by atoms with E-state index in [0.29, 0.717) is 10.6 Å². The number of carbonyl (C=O) groups is 1. The zero-order valence-electron chi connectivity index (χ0n) is 10.7. The Labute approximate surface area is 126 Å². The van der Waals surface area contributed by atoms with Gasteiger partial charge in [-0.1, -0.05) is 29.8 Å². The number of halogens is 1. The van der Waals surface area contributed by atoms with Gasteiger partial charge < -0.3 is 5.11 Å². The molecule has 0 aliphatic heterocycles. The fraction of sp³-hybridized carbons (Fsp3) is 0.154. The average Bonchev–Trinajstić information content (AvgIpc) is 2.41. The molecule has 0 unspecified atom stereocenters. The first kappa shape index (κ1) is 15.4. The van der Waals surface area contributed by atoms with E-state index in [9.17, 15) is 13.2 Å². The van der Waals surface area contributed by atoms with Crippen molar-refractivity contribution >= 4 is 27.4 Å². The molecule has 0 aliphatic carbocycles. The van der Waals surface area contributed by atoms with Crippen LogP contribution in [0.25, 0.3) is 0 Å². The van der Waals surface area contributed by atoms with Gasteiger partial charge in [0.2, 0.25) is 0 Å². The Bertz CT molecular complexity index is 777. The van der Waals surface area contributed by atoms with E-state index >= 15 is 0 Å². The standard InChI is InChI=1S/C13H11ClN2O4S/c14-11-4-2-1-3-9(11)6-21(19,20)7-12-10(13(17)18)5-15-8-16-12/h1-5,8H,6-7H2,(H,17,18). The van der Waals surface area contributed by atoms with Gasteiger partial charge in [-0.25, -0.2) is 23.2 Å². The summed E-state index contributed by atoms with van der Waals surface area (Å²) in [5, 5.41) is 9.35. The Morgan fingerprint density at radius 2 is 1.95 bits per heavy atom. The van der Waals surface area contributed by atoms with Gasteiger partial charge in [0, 0.05) is 11.2 Å². The van der Waals surface area contributed by atoms with E-state index in [2.05, 4.69) is 9.97 Å². The third kappa shape index (κ3) is 3.99. The van der Waals surface area contributed by atoms with Gasteiger partial charge in [0.15, 0.2) is 9.84 Å². The second-order valence-electron chi connectivity index (χ2n) is 4.31. The number of hydrogen-bond acceptors (Lipinski definition) is 5. The highest BCUT2D eigenvalue weighted by Crippen LogP contribution is 2.20. The lowest BCUT2D eigenvalue weighted by Gasteiger charge is -2.07. The maximum absolute atomic E-state index is 12.2. The van der Waals surface area contributed by atoms with Crippen LogP contribution in [-0.2, 0) is 21.3 Å². The molecule has 0 amide bonds. The number of aromatic carboxylic acids is 1. The van der Waals surface area contributed by atoms with Crippen molar-refractivity contribution in [3.05, 3.63) is 58.6 Å². The molecular formula is C13H11ClN2O4S. The van der Waals surface area contributed by atoms with Crippen LogP contribution in [0.3, 0.4) is 0 Å². The molecule has 0 bridgehead atoms. The fourth-order valence-corrected chi connectivity index (χ4v) is 3.52. The van der Waals surface area contributed by atoms with Crippen molar-refractivity contribution in [2.24, 2.45) is 0 Å². The van der Waals surface area contributed by atoms with Gasteiger partial charge in [-0.3, -0.25) is 0 Å². The minimum atomic E-state index is -3.60. The summed E-state index contributed by atoms with van der Waals surface area (Å²) in [6.07, 6.45) is 2.20. The molecule has 1 heterocycles. The highest BCUT2D eigenvalue weighted by Gasteiger charge is 2.20. The van der Waals surface area contributed by atoms with Crippen LogP contribution in [-0.4, -0.2) is 29.5 Å². The van der Waals surface area contributed by atoms with E-state index in [1.54, 1.807) is 24.3 Å². The van der Waals surface area contributed by atoms with E-state index in [0.717, 1.165) is 12.5 Å². The van der Waals surface area contributed by atoms with Crippen LogP contribution in [0.5, 0.6) is 0 Å². The van der Waals surface area contributed by atoms with Crippen LogP contribution >= 0.6 is 11.6 Å². The van der Waals surface area contributed by atoms with Gasteiger partial charge in [-0.15, -0.1) is 0 Å². The van der Waals surface area contributed by atoms with Gasteiger partial charge >= 0.3 is 5.97 Å². The number of benzene rings is 1. The number of nitrogens with zero attached hydrogens (tertiary/aromatic N) is 2. The van der Waals surface area contributed by atoms with Crippen molar-refractivity contribution in [2.75, 3.05) is 0 Å². The van der Waals surface area contributed by atoms with Crippen LogP contribution in [0.15, 0.2) is 36.8 Å². The summed E-state index contributed by atoms with van der Waals surface area (Å²) in [6.45, 7) is 0. The second kappa shape index (κ2) is 6.19. The molecule has 2 rings (SSSR count). The first-order valence-corrected chi connectivity index (χ1v) is 8.05. The molecule has 0 saturated carbocycles. The molecule has 1 aromatic carbocycles. The average molecular weight is 327 g/mol. The smallest absolute Gasteiger partial charge is 0.339 e. The van der Waals surface area contributed by atoms with Gasteiger partial charge in [-0.05, 0) is 11.6 Å². The summed E-state index contributed by atoms with van der Waals surface area (Å²) in [6, 6.07) is 6.59. The third-order valence-electron chi connectivity index (χ3n) is 2.72. The van der Waals surface area contributed by atoms with E-state index in [4.69, 9.17) is 16.7 Å². The van der Waals surface area contributed by atoms with Gasteiger partial charge in [0.1, 0.15) is 11.9 Å². The molecule has 0 spiro atoms. The van der Waals surface area contributed by atoms with Crippen LogP contribution in [0.1, 0.15) is 21.6 Å². The Morgan fingerprint density at radius 3 is 2.62 bits per heavy atom. The van der Waals surface area contributed by atoms with Crippen LogP contribution in [0.2, 0.25) is 5.02 Å². The topological polar surface area (TPSA) is 97.2 Å². The summed E-state index contributed by atoms with van der Waals surface area (Å²) in [4.78, 5) is 18.4. The normalized spacial score (nSPS) is 11.3. The maximum Gasteiger partial charge on any atom is 0.339 e. The highest BCUT2D eigenvalue weighted by molar-refractivity contribution is 7.89. The van der Waals surface area contributed by atoms with Crippen molar-refractivity contribution in [3.63, 3.8) is 0 Å².